The van der Waals surface area contributed by atoms with E-state index < -0.39 is 6.04 Å². The first-order chi connectivity index (χ1) is 16.0. The summed E-state index contributed by atoms with van der Waals surface area (Å²) >= 11 is 0. The van der Waals surface area contributed by atoms with Crippen molar-refractivity contribution >= 4 is 29.1 Å². The van der Waals surface area contributed by atoms with E-state index in [0.29, 0.717) is 18.8 Å². The molecular formula is C25H31N5O3. The zero-order valence-corrected chi connectivity index (χ0v) is 19.0. The molecule has 2 saturated heterocycles. The zero-order chi connectivity index (χ0) is 23.2. The Labute approximate surface area is 194 Å². The largest absolute Gasteiger partial charge is 0.369 e. The molecule has 2 aromatic carbocycles. The first kappa shape index (κ1) is 22.8. The topological polar surface area (TPSA) is 85.0 Å². The lowest BCUT2D eigenvalue weighted by molar-refractivity contribution is -0.145. The van der Waals surface area contributed by atoms with Gasteiger partial charge in [0, 0.05) is 50.6 Å². The van der Waals surface area contributed by atoms with Crippen LogP contribution < -0.4 is 15.5 Å². The summed E-state index contributed by atoms with van der Waals surface area (Å²) in [6.45, 7) is 6.24. The van der Waals surface area contributed by atoms with E-state index in [1.54, 1.807) is 4.90 Å². The van der Waals surface area contributed by atoms with Crippen LogP contribution in [0.3, 0.4) is 0 Å². The van der Waals surface area contributed by atoms with Crippen LogP contribution >= 0.6 is 0 Å². The molecule has 2 fully saturated rings. The molecule has 2 N–H and O–H groups in total. The van der Waals surface area contributed by atoms with Gasteiger partial charge in [-0.2, -0.15) is 0 Å². The summed E-state index contributed by atoms with van der Waals surface area (Å²) in [4.78, 5) is 44.3. The smallest absolute Gasteiger partial charge is 0.243 e. The van der Waals surface area contributed by atoms with Gasteiger partial charge in [0.05, 0.1) is 13.0 Å². The van der Waals surface area contributed by atoms with Crippen LogP contribution in [0.5, 0.6) is 0 Å². The lowest BCUT2D eigenvalue weighted by Crippen LogP contribution is -2.60. The second kappa shape index (κ2) is 10.5. The molecule has 0 bridgehead atoms. The predicted molar refractivity (Wildman–Crippen MR) is 128 cm³/mol. The number of carbonyl (C=O) groups excluding carboxylic acids is 3. The molecule has 0 unspecified atom stereocenters. The van der Waals surface area contributed by atoms with Gasteiger partial charge in [-0.05, 0) is 30.7 Å². The fourth-order valence-electron chi connectivity index (χ4n) is 4.39. The molecule has 2 aliphatic heterocycles. The zero-order valence-electron chi connectivity index (χ0n) is 19.0. The molecule has 0 aromatic heterocycles. The molecule has 2 heterocycles. The molecule has 3 amide bonds. The molecule has 2 aromatic rings. The van der Waals surface area contributed by atoms with Crippen LogP contribution in [0.1, 0.15) is 12.0 Å². The van der Waals surface area contributed by atoms with E-state index in [1.807, 2.05) is 49.4 Å². The molecule has 0 spiro atoms. The van der Waals surface area contributed by atoms with Crippen LogP contribution in [0.25, 0.3) is 0 Å². The highest BCUT2D eigenvalue weighted by molar-refractivity contribution is 5.98. The average Bonchev–Trinajstić information content (AvgIpc) is 2.83. The maximum Gasteiger partial charge on any atom is 0.243 e. The maximum atomic E-state index is 13.1. The van der Waals surface area contributed by atoms with Gasteiger partial charge in [-0.15, -0.1) is 0 Å². The Kier molecular flexibility index (Phi) is 7.24. The molecule has 174 valence electrons. The summed E-state index contributed by atoms with van der Waals surface area (Å²) in [5, 5.41) is 5.66. The molecule has 4 rings (SSSR count). The monoisotopic (exact) mass is 449 g/mol. The van der Waals surface area contributed by atoms with Crippen LogP contribution in [0.2, 0.25) is 0 Å². The summed E-state index contributed by atoms with van der Waals surface area (Å²) in [5.74, 6) is -0.657. The van der Waals surface area contributed by atoms with Gasteiger partial charge < -0.3 is 20.4 Å². The van der Waals surface area contributed by atoms with Crippen molar-refractivity contribution in [2.75, 3.05) is 56.0 Å². The SMILES string of the molecule is Cc1ccccc1NC(=O)C[C@@H]1C(=O)NCCN1C(=O)CN1CCN(c2ccccc2)CC1. The molecular weight excluding hydrogens is 418 g/mol. The van der Waals surface area contributed by atoms with Gasteiger partial charge in [0.25, 0.3) is 0 Å². The number of anilines is 2. The quantitative estimate of drug-likeness (QED) is 0.698. The van der Waals surface area contributed by atoms with E-state index >= 15 is 0 Å². The van der Waals surface area contributed by atoms with E-state index in [-0.39, 0.29) is 30.7 Å². The van der Waals surface area contributed by atoms with Crippen molar-refractivity contribution in [1.82, 2.24) is 15.1 Å². The number of aryl methyl sites for hydroxylation is 1. The summed E-state index contributed by atoms with van der Waals surface area (Å²) < 4.78 is 0. The van der Waals surface area contributed by atoms with Crippen molar-refractivity contribution in [1.29, 1.82) is 0 Å². The van der Waals surface area contributed by atoms with E-state index in [9.17, 15) is 14.4 Å². The van der Waals surface area contributed by atoms with Crippen molar-refractivity contribution in [3.05, 3.63) is 60.2 Å². The van der Waals surface area contributed by atoms with Crippen LogP contribution in [0.4, 0.5) is 11.4 Å². The number of hydrogen-bond donors (Lipinski definition) is 2. The molecule has 0 aliphatic carbocycles. The molecule has 1 atom stereocenters. The maximum absolute atomic E-state index is 13.1. The second-order valence-corrected chi connectivity index (χ2v) is 8.56. The number of piperazine rings is 2. The number of nitrogens with one attached hydrogen (secondary N) is 2. The Morgan fingerprint density at radius 1 is 0.970 bits per heavy atom. The summed E-state index contributed by atoms with van der Waals surface area (Å²) in [6.07, 6.45) is -0.0618. The average molecular weight is 450 g/mol. The van der Waals surface area contributed by atoms with Crippen LogP contribution in [-0.4, -0.2) is 79.4 Å². The van der Waals surface area contributed by atoms with Gasteiger partial charge in [0.1, 0.15) is 6.04 Å². The standard InChI is InChI=1S/C25H31N5O3/c1-19-7-5-6-10-21(19)27-23(31)17-22-25(33)26-11-12-30(22)24(32)18-28-13-15-29(16-14-28)20-8-3-2-4-9-20/h2-10,22H,11-18H2,1H3,(H,26,33)(H,27,31)/t22-/m1/s1. The number of amides is 3. The Balaban J connectivity index is 1.33. The minimum Gasteiger partial charge on any atom is -0.369 e. The van der Waals surface area contributed by atoms with E-state index in [2.05, 4.69) is 32.6 Å². The minimum absolute atomic E-state index is 0.0618. The van der Waals surface area contributed by atoms with Crippen molar-refractivity contribution in [3.8, 4) is 0 Å². The highest BCUT2D eigenvalue weighted by Gasteiger charge is 2.35. The fourth-order valence-corrected chi connectivity index (χ4v) is 4.39. The molecule has 2 aliphatic rings. The predicted octanol–water partition coefficient (Wildman–Crippen LogP) is 1.47. The third kappa shape index (κ3) is 5.70. The second-order valence-electron chi connectivity index (χ2n) is 8.56. The van der Waals surface area contributed by atoms with E-state index in [4.69, 9.17) is 0 Å². The Morgan fingerprint density at radius 2 is 1.67 bits per heavy atom. The van der Waals surface area contributed by atoms with E-state index in [0.717, 1.165) is 31.7 Å². The highest BCUT2D eigenvalue weighted by Crippen LogP contribution is 2.18. The first-order valence-corrected chi connectivity index (χ1v) is 11.5. The van der Waals surface area contributed by atoms with Gasteiger partial charge in [0.2, 0.25) is 17.7 Å². The number of para-hydroxylation sites is 2. The fraction of sp³-hybridized carbons (Fsp3) is 0.400. The molecule has 8 heteroatoms. The molecule has 0 radical (unpaired) electrons. The Hall–Kier alpha value is -3.39. The normalized spacial score (nSPS) is 19.2. The van der Waals surface area contributed by atoms with Crippen LogP contribution in [0, 0.1) is 6.92 Å². The van der Waals surface area contributed by atoms with Gasteiger partial charge in [-0.1, -0.05) is 36.4 Å². The van der Waals surface area contributed by atoms with Gasteiger partial charge in [-0.3, -0.25) is 19.3 Å². The van der Waals surface area contributed by atoms with Crippen LogP contribution in [-0.2, 0) is 14.4 Å². The van der Waals surface area contributed by atoms with E-state index in [1.165, 1.54) is 5.69 Å². The van der Waals surface area contributed by atoms with Crippen molar-refractivity contribution in [3.63, 3.8) is 0 Å². The molecule has 33 heavy (non-hydrogen) atoms. The van der Waals surface area contributed by atoms with Crippen molar-refractivity contribution in [2.45, 2.75) is 19.4 Å². The summed E-state index contributed by atoms with van der Waals surface area (Å²) in [7, 11) is 0. The number of hydrogen-bond acceptors (Lipinski definition) is 5. The molecule has 0 saturated carbocycles. The van der Waals surface area contributed by atoms with Gasteiger partial charge in [-0.25, -0.2) is 0 Å². The number of rotatable bonds is 6. The highest BCUT2D eigenvalue weighted by atomic mass is 16.2. The lowest BCUT2D eigenvalue weighted by atomic mass is 10.1. The molecule has 8 nitrogen and oxygen atoms in total. The Bertz CT molecular complexity index is 989. The first-order valence-electron chi connectivity index (χ1n) is 11.5. The van der Waals surface area contributed by atoms with Crippen molar-refractivity contribution < 1.29 is 14.4 Å². The third-order valence-corrected chi connectivity index (χ3v) is 6.30. The Morgan fingerprint density at radius 3 is 2.39 bits per heavy atom. The number of nitrogens with zero attached hydrogens (tertiary/aromatic N) is 3. The number of benzene rings is 2. The summed E-state index contributed by atoms with van der Waals surface area (Å²) in [5.41, 5.74) is 2.85. The van der Waals surface area contributed by atoms with Crippen molar-refractivity contribution in [2.24, 2.45) is 0 Å². The lowest BCUT2D eigenvalue weighted by Gasteiger charge is -2.39. The van der Waals surface area contributed by atoms with Gasteiger partial charge >= 0.3 is 0 Å². The number of carbonyl (C=O) groups is 3. The van der Waals surface area contributed by atoms with Crippen LogP contribution in [0.15, 0.2) is 54.6 Å². The summed E-state index contributed by atoms with van der Waals surface area (Å²) in [6, 6.07) is 17.0. The minimum atomic E-state index is -0.791. The van der Waals surface area contributed by atoms with Gasteiger partial charge in [0.15, 0.2) is 0 Å². The third-order valence-electron chi connectivity index (χ3n) is 6.30.